The maximum Gasteiger partial charge on any atom is 0.303 e. The van der Waals surface area contributed by atoms with Gasteiger partial charge in [-0.3, -0.25) is 23.4 Å². The largest absolute Gasteiger partial charge is 0.456 e. The highest BCUT2D eigenvalue weighted by Gasteiger charge is 2.46. The van der Waals surface area contributed by atoms with Crippen molar-refractivity contribution in [1.29, 1.82) is 0 Å². The molecule has 12 nitrogen and oxygen atoms in total. The predicted molar refractivity (Wildman–Crippen MR) is 150 cm³/mol. The standard InChI is InChI=1S/C27H42O12SSi/c1-17-11-13-22(14-12-17)40(32,33)34-15-23(36-18(2)28)25(38-20(4)30)26(39-21(5)31)24(37-19(3)29)16-35-41(9,10)27(6,7)8/h11-14,23-26H,15-16H2,1-10H3/t23-,24-,25-,26-/m1/s1. The van der Waals surface area contributed by atoms with Crippen LogP contribution in [0.5, 0.6) is 0 Å². The lowest BCUT2D eigenvalue weighted by Crippen LogP contribution is -2.55. The molecule has 1 rings (SSSR count). The first-order valence-corrected chi connectivity index (χ1v) is 17.3. The van der Waals surface area contributed by atoms with Gasteiger partial charge in [0.25, 0.3) is 10.1 Å². The lowest BCUT2D eigenvalue weighted by molar-refractivity contribution is -0.202. The molecule has 14 heteroatoms. The monoisotopic (exact) mass is 618 g/mol. The third kappa shape index (κ3) is 11.9. The van der Waals surface area contributed by atoms with E-state index in [0.717, 1.165) is 33.3 Å². The summed E-state index contributed by atoms with van der Waals surface area (Å²) in [6.45, 7) is 14.9. The van der Waals surface area contributed by atoms with Gasteiger partial charge in [0.15, 0.2) is 32.7 Å². The number of carbonyl (C=O) groups is 4. The molecule has 0 radical (unpaired) electrons. The van der Waals surface area contributed by atoms with Crippen molar-refractivity contribution in [3.8, 4) is 0 Å². The summed E-state index contributed by atoms with van der Waals surface area (Å²) in [5.41, 5.74) is 0.817. The zero-order chi connectivity index (χ0) is 31.8. The lowest BCUT2D eigenvalue weighted by atomic mass is 10.0. The zero-order valence-corrected chi connectivity index (χ0v) is 27.2. The minimum absolute atomic E-state index is 0.161. The van der Waals surface area contributed by atoms with Crippen LogP contribution in [0.3, 0.4) is 0 Å². The Hall–Kier alpha value is -2.81. The summed E-state index contributed by atoms with van der Waals surface area (Å²) < 4.78 is 58.8. The number of rotatable bonds is 14. The molecule has 0 aliphatic heterocycles. The maximum absolute atomic E-state index is 12.9. The van der Waals surface area contributed by atoms with E-state index in [2.05, 4.69) is 0 Å². The fourth-order valence-electron chi connectivity index (χ4n) is 3.35. The van der Waals surface area contributed by atoms with Crippen molar-refractivity contribution in [2.24, 2.45) is 0 Å². The van der Waals surface area contributed by atoms with E-state index in [9.17, 15) is 27.6 Å². The second kappa shape index (κ2) is 14.9. The van der Waals surface area contributed by atoms with Crippen molar-refractivity contribution >= 4 is 42.3 Å². The Morgan fingerprint density at radius 1 is 0.732 bits per heavy atom. The van der Waals surface area contributed by atoms with Gasteiger partial charge in [0.1, 0.15) is 6.61 Å². The SMILES string of the molecule is CC(=O)O[C@@H]([C@H](OC(C)=O)[C@@H](COS(=O)(=O)c1ccc(C)cc1)OC(C)=O)[C@@H](CO[Si](C)(C)C(C)(C)C)OC(C)=O. The minimum Gasteiger partial charge on any atom is -0.456 e. The van der Waals surface area contributed by atoms with E-state index in [-0.39, 0.29) is 16.5 Å². The molecule has 0 N–H and O–H groups in total. The summed E-state index contributed by atoms with van der Waals surface area (Å²) in [6.07, 6.45) is -6.16. The summed E-state index contributed by atoms with van der Waals surface area (Å²) >= 11 is 0. The van der Waals surface area contributed by atoms with Gasteiger partial charge in [0, 0.05) is 27.7 Å². The van der Waals surface area contributed by atoms with E-state index < -0.39 is 73.3 Å². The van der Waals surface area contributed by atoms with E-state index >= 15 is 0 Å². The molecule has 0 heterocycles. The molecule has 41 heavy (non-hydrogen) atoms. The number of aryl methyl sites for hydroxylation is 1. The first kappa shape index (κ1) is 36.2. The van der Waals surface area contributed by atoms with Crippen molar-refractivity contribution in [2.75, 3.05) is 13.2 Å². The normalized spacial score (nSPS) is 15.2. The molecule has 0 aliphatic carbocycles. The van der Waals surface area contributed by atoms with E-state index in [0.29, 0.717) is 0 Å². The number of hydrogen-bond acceptors (Lipinski definition) is 12. The average molecular weight is 619 g/mol. The van der Waals surface area contributed by atoms with Crippen LogP contribution in [-0.4, -0.2) is 78.2 Å². The highest BCUT2D eigenvalue weighted by Crippen LogP contribution is 2.37. The molecule has 0 aliphatic rings. The van der Waals surface area contributed by atoms with Gasteiger partial charge in [0.05, 0.1) is 11.5 Å². The minimum atomic E-state index is -4.35. The molecule has 0 saturated carbocycles. The topological polar surface area (TPSA) is 158 Å². The average Bonchev–Trinajstić information content (AvgIpc) is 2.80. The third-order valence-corrected chi connectivity index (χ3v) is 12.2. The van der Waals surface area contributed by atoms with Crippen LogP contribution in [0.1, 0.15) is 54.0 Å². The van der Waals surface area contributed by atoms with Gasteiger partial charge < -0.3 is 23.4 Å². The van der Waals surface area contributed by atoms with Gasteiger partial charge in [-0.05, 0) is 37.2 Å². The van der Waals surface area contributed by atoms with Crippen molar-refractivity contribution in [3.63, 3.8) is 0 Å². The van der Waals surface area contributed by atoms with Crippen molar-refractivity contribution in [1.82, 2.24) is 0 Å². The van der Waals surface area contributed by atoms with Crippen LogP contribution in [0, 0.1) is 6.92 Å². The van der Waals surface area contributed by atoms with Crippen LogP contribution in [-0.2, 0) is 56.9 Å². The van der Waals surface area contributed by atoms with Crippen LogP contribution in [0.25, 0.3) is 0 Å². The smallest absolute Gasteiger partial charge is 0.303 e. The van der Waals surface area contributed by atoms with Gasteiger partial charge >= 0.3 is 23.9 Å². The number of esters is 4. The molecule has 0 spiro atoms. The Balaban J connectivity index is 3.55. The summed E-state index contributed by atoms with van der Waals surface area (Å²) in [5.74, 6) is -3.34. The Labute approximate surface area is 243 Å². The molecule has 1 aromatic carbocycles. The van der Waals surface area contributed by atoms with Gasteiger partial charge in [-0.15, -0.1) is 0 Å². The zero-order valence-electron chi connectivity index (χ0n) is 25.3. The fourth-order valence-corrected chi connectivity index (χ4v) is 5.28. The Kier molecular flexibility index (Phi) is 13.2. The fraction of sp³-hybridized carbons (Fsp3) is 0.630. The summed E-state index contributed by atoms with van der Waals surface area (Å²) in [5, 5.41) is -0.238. The number of ether oxygens (including phenoxy) is 4. The molecule has 0 aromatic heterocycles. The molecule has 232 valence electrons. The first-order valence-electron chi connectivity index (χ1n) is 12.9. The predicted octanol–water partition coefficient (Wildman–Crippen LogP) is 3.45. The first-order chi connectivity index (χ1) is 18.7. The lowest BCUT2D eigenvalue weighted by Gasteiger charge is -2.39. The van der Waals surface area contributed by atoms with Crippen LogP contribution < -0.4 is 0 Å². The summed E-state index contributed by atoms with van der Waals surface area (Å²) in [4.78, 5) is 48.4. The van der Waals surface area contributed by atoms with Gasteiger partial charge in [-0.1, -0.05) is 38.5 Å². The van der Waals surface area contributed by atoms with E-state index in [1.165, 1.54) is 12.1 Å². The Bertz CT molecular complexity index is 1170. The molecule has 0 unspecified atom stereocenters. The Morgan fingerprint density at radius 2 is 1.12 bits per heavy atom. The summed E-state index contributed by atoms with van der Waals surface area (Å²) in [6, 6.07) is 5.83. The van der Waals surface area contributed by atoms with Crippen LogP contribution in [0.15, 0.2) is 29.2 Å². The highest BCUT2D eigenvalue weighted by molar-refractivity contribution is 7.86. The molecule has 0 saturated heterocycles. The molecular formula is C27H42O12SSi. The maximum atomic E-state index is 12.9. The number of carbonyl (C=O) groups excluding carboxylic acids is 4. The van der Waals surface area contributed by atoms with Crippen LogP contribution in [0.2, 0.25) is 18.1 Å². The molecule has 0 bridgehead atoms. The number of benzene rings is 1. The van der Waals surface area contributed by atoms with E-state index in [4.69, 9.17) is 27.6 Å². The van der Waals surface area contributed by atoms with E-state index in [1.807, 2.05) is 33.9 Å². The third-order valence-electron chi connectivity index (χ3n) is 6.41. The molecule has 4 atom stereocenters. The second-order valence-corrected chi connectivity index (χ2v) is 17.5. The molecule has 1 aromatic rings. The van der Waals surface area contributed by atoms with Crippen LogP contribution in [0.4, 0.5) is 0 Å². The van der Waals surface area contributed by atoms with Gasteiger partial charge in [0.2, 0.25) is 0 Å². The van der Waals surface area contributed by atoms with E-state index in [1.54, 1.807) is 19.1 Å². The quantitative estimate of drug-likeness (QED) is 0.130. The van der Waals surface area contributed by atoms with Crippen molar-refractivity contribution in [3.05, 3.63) is 29.8 Å². The van der Waals surface area contributed by atoms with Gasteiger partial charge in [-0.25, -0.2) is 0 Å². The van der Waals surface area contributed by atoms with Crippen molar-refractivity contribution in [2.45, 2.75) is 103 Å². The van der Waals surface area contributed by atoms with Crippen LogP contribution >= 0.6 is 0 Å². The second-order valence-electron chi connectivity index (χ2n) is 11.1. The van der Waals surface area contributed by atoms with Gasteiger partial charge in [-0.2, -0.15) is 8.42 Å². The molecule has 0 amide bonds. The summed E-state index contributed by atoms with van der Waals surface area (Å²) in [7, 11) is -6.78. The Morgan fingerprint density at radius 3 is 1.49 bits per heavy atom. The molecule has 0 fully saturated rings. The number of hydrogen-bond donors (Lipinski definition) is 0. The van der Waals surface area contributed by atoms with Crippen molar-refractivity contribution < 1.29 is 55.2 Å². The molecular weight excluding hydrogens is 576 g/mol. The highest BCUT2D eigenvalue weighted by atomic mass is 32.2.